The van der Waals surface area contributed by atoms with Crippen molar-refractivity contribution in [3.05, 3.63) is 18.2 Å². The lowest BCUT2D eigenvalue weighted by Crippen LogP contribution is -2.43. The molecule has 0 unspecified atom stereocenters. The number of imidazole rings is 1. The normalized spacial score (nSPS) is 24.1. The molecule has 1 aromatic heterocycles. The monoisotopic (exact) mass is 321 g/mol. The average molecular weight is 321 g/mol. The van der Waals surface area contributed by atoms with Gasteiger partial charge in [-0.1, -0.05) is 32.1 Å². The molecular weight excluding hydrogens is 290 g/mol. The summed E-state index contributed by atoms with van der Waals surface area (Å²) in [5, 5.41) is 0. The molecule has 5 nitrogen and oxygen atoms in total. The number of hydrogen-bond acceptors (Lipinski definition) is 4. The molecule has 1 aliphatic heterocycles. The number of methoxy groups -OCH3 is 1. The second-order valence-electron chi connectivity index (χ2n) is 7.04. The Morgan fingerprint density at radius 1 is 1.30 bits per heavy atom. The molecule has 23 heavy (non-hydrogen) atoms. The van der Waals surface area contributed by atoms with Gasteiger partial charge in [0.1, 0.15) is 0 Å². The number of nitrogens with zero attached hydrogens (tertiary/aromatic N) is 3. The van der Waals surface area contributed by atoms with Crippen molar-refractivity contribution in [1.29, 1.82) is 0 Å². The van der Waals surface area contributed by atoms with Gasteiger partial charge in [0, 0.05) is 39.5 Å². The van der Waals surface area contributed by atoms with E-state index in [9.17, 15) is 0 Å². The fraction of sp³-hybridized carbons (Fsp3) is 0.833. The van der Waals surface area contributed by atoms with Gasteiger partial charge in [0.25, 0.3) is 0 Å². The second-order valence-corrected chi connectivity index (χ2v) is 7.04. The first-order valence-corrected chi connectivity index (χ1v) is 9.17. The van der Waals surface area contributed by atoms with Crippen LogP contribution in [0.5, 0.6) is 0 Å². The first kappa shape index (κ1) is 16.9. The van der Waals surface area contributed by atoms with Crippen LogP contribution >= 0.6 is 0 Å². The van der Waals surface area contributed by atoms with Crippen LogP contribution in [0.25, 0.3) is 0 Å². The van der Waals surface area contributed by atoms with Crippen LogP contribution in [-0.4, -0.2) is 54.0 Å². The summed E-state index contributed by atoms with van der Waals surface area (Å²) in [6.45, 7) is 5.53. The maximum absolute atomic E-state index is 6.04. The average Bonchev–Trinajstić information content (AvgIpc) is 3.01. The van der Waals surface area contributed by atoms with E-state index < -0.39 is 0 Å². The first-order valence-electron chi connectivity index (χ1n) is 9.17. The molecule has 2 heterocycles. The predicted molar refractivity (Wildman–Crippen MR) is 90.3 cm³/mol. The van der Waals surface area contributed by atoms with Crippen LogP contribution in [0.4, 0.5) is 0 Å². The molecule has 5 heteroatoms. The number of rotatable bonds is 7. The minimum absolute atomic E-state index is 0.419. The summed E-state index contributed by atoms with van der Waals surface area (Å²) >= 11 is 0. The zero-order valence-electron chi connectivity index (χ0n) is 14.5. The molecule has 0 radical (unpaired) electrons. The molecule has 0 N–H and O–H groups in total. The summed E-state index contributed by atoms with van der Waals surface area (Å²) in [7, 11) is 1.74. The highest BCUT2D eigenvalue weighted by atomic mass is 16.5. The summed E-state index contributed by atoms with van der Waals surface area (Å²) in [6, 6.07) is 0. The summed E-state index contributed by atoms with van der Waals surface area (Å²) in [6.07, 6.45) is 12.6. The van der Waals surface area contributed by atoms with Crippen molar-refractivity contribution in [2.45, 2.75) is 57.7 Å². The van der Waals surface area contributed by atoms with Gasteiger partial charge < -0.3 is 14.0 Å². The SMILES string of the molecule is COCCn1cncc1CN1CCO[C@H](CC2CCCCC2)C1. The maximum Gasteiger partial charge on any atom is 0.0949 e. The number of aromatic nitrogens is 2. The lowest BCUT2D eigenvalue weighted by Gasteiger charge is -2.35. The van der Waals surface area contributed by atoms with Crippen molar-refractivity contribution in [3.8, 4) is 0 Å². The molecule has 1 aromatic rings. The molecule has 2 fully saturated rings. The van der Waals surface area contributed by atoms with E-state index in [2.05, 4.69) is 14.5 Å². The van der Waals surface area contributed by atoms with E-state index in [0.717, 1.165) is 45.3 Å². The van der Waals surface area contributed by atoms with E-state index in [1.54, 1.807) is 7.11 Å². The van der Waals surface area contributed by atoms with Crippen LogP contribution < -0.4 is 0 Å². The fourth-order valence-electron chi connectivity index (χ4n) is 3.96. The standard InChI is InChI=1S/C18H31N3O2/c1-22-9-8-21-15-19-12-17(21)13-20-7-10-23-18(14-20)11-16-5-3-2-4-6-16/h12,15-16,18H,2-11,13-14H2,1H3/t18-/m1/s1. The molecule has 1 atom stereocenters. The van der Waals surface area contributed by atoms with E-state index in [1.807, 2.05) is 12.5 Å². The Labute approximate surface area is 140 Å². The minimum Gasteiger partial charge on any atom is -0.383 e. The van der Waals surface area contributed by atoms with Gasteiger partial charge in [-0.25, -0.2) is 4.98 Å². The molecule has 0 spiro atoms. The highest BCUT2D eigenvalue weighted by molar-refractivity contribution is 4.99. The van der Waals surface area contributed by atoms with E-state index in [4.69, 9.17) is 9.47 Å². The summed E-state index contributed by atoms with van der Waals surface area (Å²) < 4.78 is 13.4. The van der Waals surface area contributed by atoms with Gasteiger partial charge in [0.2, 0.25) is 0 Å². The Balaban J connectivity index is 1.49. The van der Waals surface area contributed by atoms with Crippen LogP contribution in [0.3, 0.4) is 0 Å². The van der Waals surface area contributed by atoms with Crippen molar-refractivity contribution >= 4 is 0 Å². The molecule has 0 bridgehead atoms. The van der Waals surface area contributed by atoms with Crippen LogP contribution in [-0.2, 0) is 22.6 Å². The highest BCUT2D eigenvalue weighted by Gasteiger charge is 2.25. The second kappa shape index (κ2) is 8.81. The molecular formula is C18H31N3O2. The van der Waals surface area contributed by atoms with Crippen molar-refractivity contribution in [2.75, 3.05) is 33.4 Å². The van der Waals surface area contributed by atoms with Gasteiger partial charge in [-0.2, -0.15) is 0 Å². The van der Waals surface area contributed by atoms with Crippen LogP contribution in [0.1, 0.15) is 44.2 Å². The third kappa shape index (κ3) is 5.03. The number of ether oxygens (including phenoxy) is 2. The van der Waals surface area contributed by atoms with Crippen LogP contribution in [0.2, 0.25) is 0 Å². The predicted octanol–water partition coefficient (Wildman–Crippen LogP) is 2.70. The quantitative estimate of drug-likeness (QED) is 0.774. The minimum atomic E-state index is 0.419. The van der Waals surface area contributed by atoms with E-state index in [-0.39, 0.29) is 0 Å². The highest BCUT2D eigenvalue weighted by Crippen LogP contribution is 2.29. The van der Waals surface area contributed by atoms with E-state index in [0.29, 0.717) is 6.10 Å². The van der Waals surface area contributed by atoms with Crippen LogP contribution in [0, 0.1) is 5.92 Å². The van der Waals surface area contributed by atoms with Gasteiger partial charge in [0.05, 0.1) is 31.3 Å². The van der Waals surface area contributed by atoms with Crippen molar-refractivity contribution in [3.63, 3.8) is 0 Å². The van der Waals surface area contributed by atoms with E-state index >= 15 is 0 Å². The molecule has 0 amide bonds. The Bertz CT molecular complexity index is 457. The van der Waals surface area contributed by atoms with Crippen molar-refractivity contribution < 1.29 is 9.47 Å². The molecule has 130 valence electrons. The third-order valence-electron chi connectivity index (χ3n) is 5.26. The lowest BCUT2D eigenvalue weighted by atomic mass is 9.85. The fourth-order valence-corrected chi connectivity index (χ4v) is 3.96. The molecule has 1 saturated heterocycles. The lowest BCUT2D eigenvalue weighted by molar-refractivity contribution is -0.0445. The summed E-state index contributed by atoms with van der Waals surface area (Å²) in [5.74, 6) is 0.890. The zero-order valence-corrected chi connectivity index (χ0v) is 14.5. The van der Waals surface area contributed by atoms with Crippen molar-refractivity contribution in [1.82, 2.24) is 14.5 Å². The molecule has 0 aromatic carbocycles. The molecule has 2 aliphatic rings. The van der Waals surface area contributed by atoms with Gasteiger partial charge in [-0.05, 0) is 12.3 Å². The van der Waals surface area contributed by atoms with Gasteiger partial charge >= 0.3 is 0 Å². The zero-order chi connectivity index (χ0) is 15.9. The van der Waals surface area contributed by atoms with Crippen molar-refractivity contribution in [2.24, 2.45) is 5.92 Å². The molecule has 1 saturated carbocycles. The summed E-state index contributed by atoms with van der Waals surface area (Å²) in [4.78, 5) is 6.83. The molecule has 3 rings (SSSR count). The first-order chi connectivity index (χ1) is 11.3. The van der Waals surface area contributed by atoms with Gasteiger partial charge in [-0.15, -0.1) is 0 Å². The Hall–Kier alpha value is -0.910. The van der Waals surface area contributed by atoms with Gasteiger partial charge in [-0.3, -0.25) is 4.90 Å². The Morgan fingerprint density at radius 2 is 2.17 bits per heavy atom. The number of hydrogen-bond donors (Lipinski definition) is 0. The largest absolute Gasteiger partial charge is 0.383 e. The third-order valence-corrected chi connectivity index (χ3v) is 5.26. The van der Waals surface area contributed by atoms with Crippen LogP contribution in [0.15, 0.2) is 12.5 Å². The Morgan fingerprint density at radius 3 is 3.00 bits per heavy atom. The number of morpholine rings is 1. The Kier molecular flexibility index (Phi) is 6.48. The van der Waals surface area contributed by atoms with Gasteiger partial charge in [0.15, 0.2) is 0 Å². The topological polar surface area (TPSA) is 39.5 Å². The molecule has 1 aliphatic carbocycles. The summed E-state index contributed by atoms with van der Waals surface area (Å²) in [5.41, 5.74) is 1.28. The smallest absolute Gasteiger partial charge is 0.0949 e. The maximum atomic E-state index is 6.04. The van der Waals surface area contributed by atoms with E-state index in [1.165, 1.54) is 44.2 Å².